The van der Waals surface area contributed by atoms with Crippen LogP contribution in [-0.2, 0) is 10.2 Å². The number of halogens is 2. The average Bonchev–Trinajstić information content (AvgIpc) is 2.67. The molecule has 1 saturated carbocycles. The van der Waals surface area contributed by atoms with Gasteiger partial charge in [-0.25, -0.2) is 4.39 Å². The number of hydrogen-bond acceptors (Lipinski definition) is 1. The van der Waals surface area contributed by atoms with Gasteiger partial charge in [0.15, 0.2) is 0 Å². The molecule has 1 aromatic rings. The molecule has 0 aromatic heterocycles. The molecule has 2 rings (SSSR count). The Balaban J connectivity index is 0.00000128. The molecule has 1 aromatic carbocycles. The van der Waals surface area contributed by atoms with Crippen molar-refractivity contribution in [2.75, 3.05) is 0 Å². The zero-order chi connectivity index (χ0) is 10.9. The fraction of sp³-hybridized carbons (Fsp3) is 0.417. The molecule has 1 aliphatic rings. The summed E-state index contributed by atoms with van der Waals surface area (Å²) in [6, 6.07) is 4.52. The van der Waals surface area contributed by atoms with Crippen molar-refractivity contribution in [3.63, 3.8) is 0 Å². The standard InChI is InChI=1S/C12H11ClFO.K/c13-9-4-3-5-10(14)11(9)12(8-15)6-1-2-7-12;/h3-5H,1-2,6-7H2;/q-1;+1. The van der Waals surface area contributed by atoms with Gasteiger partial charge in [0.2, 0.25) is 0 Å². The molecule has 0 spiro atoms. The van der Waals surface area contributed by atoms with Crippen molar-refractivity contribution < 1.29 is 60.6 Å². The van der Waals surface area contributed by atoms with E-state index in [0.29, 0.717) is 23.4 Å². The van der Waals surface area contributed by atoms with E-state index in [2.05, 4.69) is 0 Å². The average molecular weight is 265 g/mol. The van der Waals surface area contributed by atoms with Gasteiger partial charge in [0.1, 0.15) is 5.82 Å². The first kappa shape index (κ1) is 14.8. The van der Waals surface area contributed by atoms with Gasteiger partial charge in [0.25, 0.3) is 0 Å². The normalized spacial score (nSPS) is 17.9. The van der Waals surface area contributed by atoms with Crippen molar-refractivity contribution >= 4 is 17.9 Å². The van der Waals surface area contributed by atoms with Crippen LogP contribution in [0.3, 0.4) is 0 Å². The molecule has 1 aliphatic carbocycles. The van der Waals surface area contributed by atoms with Crippen LogP contribution >= 0.6 is 11.6 Å². The Morgan fingerprint density at radius 1 is 1.31 bits per heavy atom. The van der Waals surface area contributed by atoms with E-state index >= 15 is 0 Å². The maximum absolute atomic E-state index is 13.7. The molecule has 16 heavy (non-hydrogen) atoms. The van der Waals surface area contributed by atoms with Crippen LogP contribution < -0.4 is 51.4 Å². The topological polar surface area (TPSA) is 17.1 Å². The summed E-state index contributed by atoms with van der Waals surface area (Å²) in [6.07, 6.45) is 5.16. The van der Waals surface area contributed by atoms with Gasteiger partial charge in [-0.05, 0) is 17.7 Å². The van der Waals surface area contributed by atoms with Gasteiger partial charge in [0.05, 0.1) is 0 Å². The summed E-state index contributed by atoms with van der Waals surface area (Å²) in [6.45, 7) is 0. The predicted molar refractivity (Wildman–Crippen MR) is 57.2 cm³/mol. The molecule has 0 N–H and O–H groups in total. The maximum Gasteiger partial charge on any atom is 1.00 e. The number of benzene rings is 1. The van der Waals surface area contributed by atoms with Gasteiger partial charge in [-0.15, -0.1) is 0 Å². The SMILES string of the molecule is O=[C-]C1(c2c(F)cccc2Cl)CCCC1.[K+]. The van der Waals surface area contributed by atoms with Crippen LogP contribution in [0, 0.1) is 5.82 Å². The molecule has 0 unspecified atom stereocenters. The molecule has 0 atom stereocenters. The molecule has 0 heterocycles. The van der Waals surface area contributed by atoms with Crippen molar-refractivity contribution in [2.24, 2.45) is 0 Å². The zero-order valence-electron chi connectivity index (χ0n) is 9.22. The third-order valence-electron chi connectivity index (χ3n) is 3.09. The minimum Gasteiger partial charge on any atom is -0.541 e. The Morgan fingerprint density at radius 2 is 1.94 bits per heavy atom. The maximum atomic E-state index is 13.7. The Bertz CT molecular complexity index is 368. The summed E-state index contributed by atoms with van der Waals surface area (Å²) in [5, 5.41) is 0.334. The van der Waals surface area contributed by atoms with E-state index in [9.17, 15) is 9.18 Å². The fourth-order valence-electron chi connectivity index (χ4n) is 2.34. The van der Waals surface area contributed by atoms with E-state index in [1.54, 1.807) is 12.1 Å². The minimum atomic E-state index is -0.803. The van der Waals surface area contributed by atoms with E-state index in [-0.39, 0.29) is 51.4 Å². The van der Waals surface area contributed by atoms with E-state index in [4.69, 9.17) is 11.6 Å². The first-order chi connectivity index (χ1) is 7.19. The Hall–Kier alpha value is 0.746. The summed E-state index contributed by atoms with van der Waals surface area (Å²) < 4.78 is 13.7. The van der Waals surface area contributed by atoms with Crippen molar-refractivity contribution in [3.05, 3.63) is 34.6 Å². The molecule has 0 saturated heterocycles. The third kappa shape index (κ3) is 2.60. The van der Waals surface area contributed by atoms with Gasteiger partial charge in [-0.1, -0.05) is 48.8 Å². The monoisotopic (exact) mass is 264 g/mol. The van der Waals surface area contributed by atoms with Crippen molar-refractivity contribution in [1.29, 1.82) is 0 Å². The Morgan fingerprint density at radius 3 is 2.44 bits per heavy atom. The molecule has 80 valence electrons. The van der Waals surface area contributed by atoms with Gasteiger partial charge >= 0.3 is 51.4 Å². The summed E-state index contributed by atoms with van der Waals surface area (Å²) in [7, 11) is 0. The molecule has 0 bridgehead atoms. The van der Waals surface area contributed by atoms with Crippen LogP contribution in [0.15, 0.2) is 18.2 Å². The molecular weight excluding hydrogens is 254 g/mol. The van der Waals surface area contributed by atoms with Gasteiger partial charge in [-0.2, -0.15) is 0 Å². The first-order valence-electron chi connectivity index (χ1n) is 5.03. The number of carbonyl (C=O) groups excluding carboxylic acids is 1. The van der Waals surface area contributed by atoms with Crippen LogP contribution in [0.5, 0.6) is 0 Å². The van der Waals surface area contributed by atoms with Crippen LogP contribution in [0.4, 0.5) is 4.39 Å². The summed E-state index contributed by atoms with van der Waals surface area (Å²) in [4.78, 5) is 11.1. The molecule has 1 nitrogen and oxygen atoms in total. The largest absolute Gasteiger partial charge is 1.00 e. The van der Waals surface area contributed by atoms with Gasteiger partial charge in [-0.3, -0.25) is 6.29 Å². The second-order valence-electron chi connectivity index (χ2n) is 3.99. The van der Waals surface area contributed by atoms with E-state index in [0.717, 1.165) is 12.8 Å². The summed E-state index contributed by atoms with van der Waals surface area (Å²) in [5.41, 5.74) is -0.471. The van der Waals surface area contributed by atoms with Gasteiger partial charge < -0.3 is 4.79 Å². The number of rotatable bonds is 2. The van der Waals surface area contributed by atoms with Crippen LogP contribution in [0.2, 0.25) is 5.02 Å². The van der Waals surface area contributed by atoms with E-state index < -0.39 is 11.2 Å². The second-order valence-corrected chi connectivity index (χ2v) is 4.40. The zero-order valence-corrected chi connectivity index (χ0v) is 13.1. The molecule has 0 aliphatic heterocycles. The van der Waals surface area contributed by atoms with Crippen molar-refractivity contribution in [2.45, 2.75) is 31.1 Å². The van der Waals surface area contributed by atoms with Crippen molar-refractivity contribution in [1.82, 2.24) is 0 Å². The molecule has 1 fully saturated rings. The Kier molecular flexibility index (Phi) is 5.62. The summed E-state index contributed by atoms with van der Waals surface area (Å²) in [5.74, 6) is -0.396. The fourth-order valence-corrected chi connectivity index (χ4v) is 2.68. The van der Waals surface area contributed by atoms with Crippen LogP contribution in [0.25, 0.3) is 0 Å². The predicted octanol–water partition coefficient (Wildman–Crippen LogP) is 0.405. The quantitative estimate of drug-likeness (QED) is 0.559. The molecule has 4 heteroatoms. The van der Waals surface area contributed by atoms with Crippen LogP contribution in [-0.4, -0.2) is 6.29 Å². The first-order valence-corrected chi connectivity index (χ1v) is 5.41. The van der Waals surface area contributed by atoms with Gasteiger partial charge in [0, 0.05) is 5.02 Å². The van der Waals surface area contributed by atoms with Crippen molar-refractivity contribution in [3.8, 4) is 0 Å². The third-order valence-corrected chi connectivity index (χ3v) is 3.41. The Labute approximate surface area is 142 Å². The second kappa shape index (κ2) is 6.07. The minimum absolute atomic E-state index is 0. The van der Waals surface area contributed by atoms with E-state index in [1.165, 1.54) is 6.07 Å². The van der Waals surface area contributed by atoms with E-state index in [1.807, 2.05) is 6.29 Å². The number of hydrogen-bond donors (Lipinski definition) is 0. The molecule has 0 amide bonds. The smallest absolute Gasteiger partial charge is 0.541 e. The molecule has 0 radical (unpaired) electrons. The summed E-state index contributed by atoms with van der Waals surface area (Å²) >= 11 is 5.96. The van der Waals surface area contributed by atoms with Crippen LogP contribution in [0.1, 0.15) is 31.2 Å². The molecular formula is C12H11ClFKO.